The van der Waals surface area contributed by atoms with Gasteiger partial charge >= 0.3 is 0 Å². The predicted molar refractivity (Wildman–Crippen MR) is 130 cm³/mol. The Kier molecular flexibility index (Phi) is 6.47. The van der Waals surface area contributed by atoms with E-state index in [2.05, 4.69) is 33.7 Å². The maximum Gasteiger partial charge on any atom is 0.226 e. The van der Waals surface area contributed by atoms with Gasteiger partial charge in [0.25, 0.3) is 0 Å². The maximum absolute atomic E-state index is 9.93. The number of hydrogen-bond acceptors (Lipinski definition) is 6. The van der Waals surface area contributed by atoms with Crippen molar-refractivity contribution in [1.29, 1.82) is 5.26 Å². The van der Waals surface area contributed by atoms with Crippen molar-refractivity contribution < 1.29 is 14.2 Å². The number of aromatic nitrogens is 2. The van der Waals surface area contributed by atoms with Gasteiger partial charge in [0.05, 0.1) is 34.7 Å². The molecule has 2 N–H and O–H groups in total. The summed E-state index contributed by atoms with van der Waals surface area (Å²) in [5, 5.41) is 14.9. The second-order valence-electron chi connectivity index (χ2n) is 7.18. The van der Waals surface area contributed by atoms with Gasteiger partial charge in [-0.1, -0.05) is 40.2 Å². The van der Waals surface area contributed by atoms with Crippen molar-refractivity contribution in [2.75, 3.05) is 13.7 Å². The minimum absolute atomic E-state index is 0.263. The molecule has 7 nitrogen and oxygen atoms in total. The first-order valence-corrected chi connectivity index (χ1v) is 11.1. The van der Waals surface area contributed by atoms with Gasteiger partial charge < -0.3 is 14.2 Å². The Labute approximate surface area is 204 Å². The zero-order valence-electron chi connectivity index (χ0n) is 17.9. The second-order valence-corrected chi connectivity index (χ2v) is 8.50. The molecule has 0 bridgehead atoms. The topological polar surface area (TPSA) is 95.3 Å². The minimum atomic E-state index is -0.982. The molecule has 1 unspecified atom stereocenters. The fourth-order valence-electron chi connectivity index (χ4n) is 3.68. The van der Waals surface area contributed by atoms with Crippen LogP contribution in [-0.4, -0.2) is 29.7 Å². The molecule has 2 heterocycles. The minimum Gasteiger partial charge on any atom is -0.493 e. The number of nitrogens with two attached hydrogens (primary N) is 1. The van der Waals surface area contributed by atoms with Crippen molar-refractivity contribution in [3.8, 4) is 29.1 Å². The van der Waals surface area contributed by atoms with Gasteiger partial charge in [-0.15, -0.1) is 0 Å². The lowest BCUT2D eigenvalue weighted by Gasteiger charge is -2.25. The van der Waals surface area contributed by atoms with E-state index in [1.807, 2.05) is 31.2 Å². The van der Waals surface area contributed by atoms with E-state index in [0.717, 1.165) is 10.2 Å². The summed E-state index contributed by atoms with van der Waals surface area (Å²) < 4.78 is 19.8. The fourth-order valence-corrected chi connectivity index (χ4v) is 4.21. The van der Waals surface area contributed by atoms with Crippen LogP contribution in [0.15, 0.2) is 59.1 Å². The van der Waals surface area contributed by atoms with Crippen LogP contribution in [-0.2, 0) is 0 Å². The van der Waals surface area contributed by atoms with Crippen molar-refractivity contribution >= 4 is 33.1 Å². The van der Waals surface area contributed by atoms with Crippen LogP contribution in [0.4, 0.5) is 0 Å². The van der Waals surface area contributed by atoms with Crippen LogP contribution in [0.3, 0.4) is 0 Å². The van der Waals surface area contributed by atoms with Crippen LogP contribution >= 0.6 is 27.5 Å². The molecule has 2 aromatic carbocycles. The average Bonchev–Trinajstić information content (AvgIpc) is 3.13. The van der Waals surface area contributed by atoms with Gasteiger partial charge in [-0.25, -0.2) is 4.68 Å². The van der Waals surface area contributed by atoms with E-state index in [1.165, 1.54) is 7.11 Å². The molecule has 9 heteroatoms. The van der Waals surface area contributed by atoms with Crippen molar-refractivity contribution in [3.05, 3.63) is 80.9 Å². The number of halogens is 2. The van der Waals surface area contributed by atoms with E-state index in [1.54, 1.807) is 22.9 Å². The summed E-state index contributed by atoms with van der Waals surface area (Å²) in [6.45, 7) is 5.77. The molecule has 0 amide bonds. The number of benzene rings is 2. The molecule has 0 fully saturated rings. The van der Waals surface area contributed by atoms with Gasteiger partial charge in [0, 0.05) is 10.0 Å². The molecule has 1 atom stereocenters. The smallest absolute Gasteiger partial charge is 0.226 e. The van der Waals surface area contributed by atoms with E-state index in [-0.39, 0.29) is 12.2 Å². The van der Waals surface area contributed by atoms with E-state index in [9.17, 15) is 5.26 Å². The molecule has 0 saturated carbocycles. The number of hydrogen-bond donors (Lipinski definition) is 1. The maximum atomic E-state index is 9.93. The molecule has 3 aromatic rings. The summed E-state index contributed by atoms with van der Waals surface area (Å²) in [6.07, 6.45) is 0.633. The molecule has 0 saturated heterocycles. The third kappa shape index (κ3) is 4.11. The number of nitrogens with zero attached hydrogens (tertiary/aromatic N) is 3. The van der Waals surface area contributed by atoms with Gasteiger partial charge in [0.1, 0.15) is 12.7 Å². The largest absolute Gasteiger partial charge is 0.493 e. The normalized spacial score (nSPS) is 14.8. The van der Waals surface area contributed by atoms with E-state index in [4.69, 9.17) is 31.5 Å². The van der Waals surface area contributed by atoms with E-state index >= 15 is 0 Å². The summed E-state index contributed by atoms with van der Waals surface area (Å²) in [5.74, 6) is 1.25. The van der Waals surface area contributed by atoms with Crippen LogP contribution < -0.4 is 19.9 Å². The Bertz CT molecular complexity index is 1310. The SMILES string of the molecule is C=CCOc1c(Cl)cc(C2=C(C#N)C(N)Oc3c2c(C)nn3-c2ccc(Br)cc2)cc1OC. The Hall–Kier alpha value is -3.25. The standard InChI is InChI=1S/C24H20BrClN4O3/c1-4-9-32-22-18(26)10-14(11-19(22)31-3)21-17(12-27)23(28)33-24-20(21)13(2)29-30(24)16-7-5-15(25)6-8-16/h4-8,10-11,23H,1,9,28H2,2-3H3. The highest BCUT2D eigenvalue weighted by Gasteiger charge is 2.34. The molecule has 0 spiro atoms. The highest BCUT2D eigenvalue weighted by Crippen LogP contribution is 2.45. The third-order valence-electron chi connectivity index (χ3n) is 5.12. The summed E-state index contributed by atoms with van der Waals surface area (Å²) in [4.78, 5) is 0. The summed E-state index contributed by atoms with van der Waals surface area (Å²) in [6, 6.07) is 13.3. The molecule has 0 radical (unpaired) electrons. The average molecular weight is 528 g/mol. The second kappa shape index (κ2) is 9.32. The van der Waals surface area contributed by atoms with Gasteiger partial charge in [-0.05, 0) is 48.9 Å². The highest BCUT2D eigenvalue weighted by molar-refractivity contribution is 9.10. The molecule has 1 aliphatic heterocycles. The first-order valence-electron chi connectivity index (χ1n) is 9.93. The quantitative estimate of drug-likeness (QED) is 0.444. The Morgan fingerprint density at radius 1 is 1.36 bits per heavy atom. The number of nitriles is 1. The number of fused-ring (bicyclic) bond motifs is 1. The van der Waals surface area contributed by atoms with Crippen LogP contribution in [0.25, 0.3) is 11.3 Å². The fraction of sp³-hybridized carbons (Fsp3) is 0.167. The van der Waals surface area contributed by atoms with Crippen LogP contribution in [0, 0.1) is 18.3 Å². The van der Waals surface area contributed by atoms with Gasteiger partial charge in [-0.3, -0.25) is 5.73 Å². The number of rotatable bonds is 6. The lowest BCUT2D eigenvalue weighted by molar-refractivity contribution is 0.228. The summed E-state index contributed by atoms with van der Waals surface area (Å²) in [7, 11) is 1.52. The van der Waals surface area contributed by atoms with E-state index < -0.39 is 6.23 Å². The molecular formula is C24H20BrClN4O3. The van der Waals surface area contributed by atoms with Gasteiger partial charge in [0.15, 0.2) is 17.7 Å². The number of aryl methyl sites for hydroxylation is 1. The zero-order chi connectivity index (χ0) is 23.7. The monoisotopic (exact) mass is 526 g/mol. The van der Waals surface area contributed by atoms with Gasteiger partial charge in [0.2, 0.25) is 5.88 Å². The first kappa shape index (κ1) is 22.9. The molecule has 33 heavy (non-hydrogen) atoms. The van der Waals surface area contributed by atoms with Crippen LogP contribution in [0.2, 0.25) is 5.02 Å². The molecule has 168 valence electrons. The summed E-state index contributed by atoms with van der Waals surface area (Å²) in [5.41, 5.74) is 9.87. The van der Waals surface area contributed by atoms with Gasteiger partial charge in [-0.2, -0.15) is 10.4 Å². The number of ether oxygens (including phenoxy) is 3. The Morgan fingerprint density at radius 3 is 2.73 bits per heavy atom. The predicted octanol–water partition coefficient (Wildman–Crippen LogP) is 5.17. The van der Waals surface area contributed by atoms with Crippen molar-refractivity contribution in [2.45, 2.75) is 13.2 Å². The van der Waals surface area contributed by atoms with Crippen molar-refractivity contribution in [1.82, 2.24) is 9.78 Å². The third-order valence-corrected chi connectivity index (χ3v) is 5.93. The van der Waals surface area contributed by atoms with E-state index in [0.29, 0.717) is 44.8 Å². The first-order chi connectivity index (χ1) is 15.9. The van der Waals surface area contributed by atoms with Crippen LogP contribution in [0.5, 0.6) is 17.4 Å². The zero-order valence-corrected chi connectivity index (χ0v) is 20.3. The molecule has 0 aliphatic carbocycles. The molecule has 1 aliphatic rings. The van der Waals surface area contributed by atoms with Crippen LogP contribution in [0.1, 0.15) is 16.8 Å². The molecular weight excluding hydrogens is 508 g/mol. The summed E-state index contributed by atoms with van der Waals surface area (Å²) >= 11 is 9.99. The Morgan fingerprint density at radius 2 is 2.09 bits per heavy atom. The highest BCUT2D eigenvalue weighted by atomic mass is 79.9. The number of methoxy groups -OCH3 is 1. The molecule has 4 rings (SSSR count). The lowest BCUT2D eigenvalue weighted by Crippen LogP contribution is -2.33. The Balaban J connectivity index is 1.94. The lowest BCUT2D eigenvalue weighted by atomic mass is 9.91. The van der Waals surface area contributed by atoms with Crippen molar-refractivity contribution in [2.24, 2.45) is 5.73 Å². The molecule has 1 aromatic heterocycles. The van der Waals surface area contributed by atoms with Crippen molar-refractivity contribution in [3.63, 3.8) is 0 Å².